The van der Waals surface area contributed by atoms with Gasteiger partial charge in [-0.3, -0.25) is 0 Å². The van der Waals surface area contributed by atoms with Gasteiger partial charge in [-0.15, -0.1) is 0 Å². The van der Waals surface area contributed by atoms with Crippen molar-refractivity contribution in [1.29, 1.82) is 0 Å². The zero-order valence-electron chi connectivity index (χ0n) is 12.1. The molecule has 0 aliphatic rings. The molecule has 0 saturated carbocycles. The van der Waals surface area contributed by atoms with Crippen molar-refractivity contribution in [2.45, 2.75) is 6.92 Å². The van der Waals surface area contributed by atoms with E-state index in [4.69, 9.17) is 4.74 Å². The molecule has 2 aromatic rings. The number of esters is 1. The molecule has 2 nitrogen and oxygen atoms in total. The summed E-state index contributed by atoms with van der Waals surface area (Å²) < 4.78 is 5.09. The summed E-state index contributed by atoms with van der Waals surface area (Å²) in [7, 11) is 0. The lowest BCUT2D eigenvalue weighted by atomic mass is 9.92. The Balaban J connectivity index is 2.36. The number of benzene rings is 2. The van der Waals surface area contributed by atoms with E-state index in [1.165, 1.54) is 0 Å². The van der Waals surface area contributed by atoms with Gasteiger partial charge in [0.15, 0.2) is 0 Å². The molecular formula is C19H18O2. The van der Waals surface area contributed by atoms with Gasteiger partial charge in [-0.2, -0.15) is 0 Å². The quantitative estimate of drug-likeness (QED) is 0.590. The Bertz CT molecular complexity index is 669. The van der Waals surface area contributed by atoms with Crippen molar-refractivity contribution in [2.24, 2.45) is 0 Å². The third-order valence-electron chi connectivity index (χ3n) is 3.23. The van der Waals surface area contributed by atoms with E-state index in [0.717, 1.165) is 22.3 Å². The number of hydrogen-bond acceptors (Lipinski definition) is 2. The van der Waals surface area contributed by atoms with Gasteiger partial charge >= 0.3 is 5.97 Å². The molecule has 0 N–H and O–H groups in total. The highest BCUT2D eigenvalue weighted by atomic mass is 16.5. The molecule has 2 heteroatoms. The molecule has 0 heterocycles. The summed E-state index contributed by atoms with van der Waals surface area (Å²) in [5.74, 6) is -0.338. The second-order valence-electron chi connectivity index (χ2n) is 4.59. The molecule has 0 radical (unpaired) electrons. The van der Waals surface area contributed by atoms with E-state index in [1.807, 2.05) is 48.5 Å². The van der Waals surface area contributed by atoms with Gasteiger partial charge < -0.3 is 4.74 Å². The van der Waals surface area contributed by atoms with Crippen LogP contribution in [0.2, 0.25) is 0 Å². The fourth-order valence-electron chi connectivity index (χ4n) is 2.11. The maximum absolute atomic E-state index is 12.0. The van der Waals surface area contributed by atoms with E-state index < -0.39 is 0 Å². The molecule has 106 valence electrons. The largest absolute Gasteiger partial charge is 0.462 e. The highest BCUT2D eigenvalue weighted by Crippen LogP contribution is 2.30. The predicted octanol–water partition coefficient (Wildman–Crippen LogP) is 4.59. The van der Waals surface area contributed by atoms with Crippen LogP contribution >= 0.6 is 0 Å². The first-order chi connectivity index (χ1) is 10.1. The Morgan fingerprint density at radius 1 is 0.905 bits per heavy atom. The molecule has 0 aliphatic carbocycles. The molecule has 0 aromatic heterocycles. The van der Waals surface area contributed by atoms with E-state index in [2.05, 4.69) is 13.2 Å². The summed E-state index contributed by atoms with van der Waals surface area (Å²) in [6.07, 6.45) is 0. The number of ether oxygens (including phenoxy) is 1. The van der Waals surface area contributed by atoms with Crippen LogP contribution in [0.25, 0.3) is 11.1 Å². The second kappa shape index (κ2) is 6.71. The van der Waals surface area contributed by atoms with Gasteiger partial charge in [0.05, 0.1) is 12.2 Å². The molecule has 21 heavy (non-hydrogen) atoms. The summed E-state index contributed by atoms with van der Waals surface area (Å²) in [6.45, 7) is 10.3. The predicted molar refractivity (Wildman–Crippen MR) is 86.9 cm³/mol. The van der Waals surface area contributed by atoms with Gasteiger partial charge in [0, 0.05) is 0 Å². The minimum Gasteiger partial charge on any atom is -0.462 e. The lowest BCUT2D eigenvalue weighted by molar-refractivity contribution is 0.0526. The van der Waals surface area contributed by atoms with Crippen LogP contribution in [0, 0.1) is 0 Å². The summed E-state index contributed by atoms with van der Waals surface area (Å²) in [6, 6.07) is 17.1. The smallest absolute Gasteiger partial charge is 0.338 e. The first-order valence-corrected chi connectivity index (χ1v) is 6.85. The second-order valence-corrected chi connectivity index (χ2v) is 4.59. The van der Waals surface area contributed by atoms with Crippen molar-refractivity contribution >= 4 is 17.1 Å². The zero-order valence-corrected chi connectivity index (χ0v) is 12.1. The van der Waals surface area contributed by atoms with Crippen LogP contribution in [0.5, 0.6) is 0 Å². The number of rotatable bonds is 5. The fraction of sp³-hybridized carbons (Fsp3) is 0.105. The molecule has 0 amide bonds. The highest BCUT2D eigenvalue weighted by Gasteiger charge is 2.15. The monoisotopic (exact) mass is 278 g/mol. The van der Waals surface area contributed by atoms with Crippen LogP contribution < -0.4 is 0 Å². The molecule has 0 unspecified atom stereocenters. The third kappa shape index (κ3) is 3.29. The topological polar surface area (TPSA) is 26.3 Å². The summed E-state index contributed by atoms with van der Waals surface area (Å²) >= 11 is 0. The normalized spacial score (nSPS) is 9.95. The molecule has 0 atom stereocenters. The van der Waals surface area contributed by atoms with Crippen molar-refractivity contribution in [2.75, 3.05) is 6.61 Å². The first kappa shape index (κ1) is 14.8. The minimum atomic E-state index is -0.338. The van der Waals surface area contributed by atoms with Crippen molar-refractivity contribution in [3.8, 4) is 0 Å². The average molecular weight is 278 g/mol. The maximum Gasteiger partial charge on any atom is 0.338 e. The molecule has 0 aliphatic heterocycles. The van der Waals surface area contributed by atoms with Crippen LogP contribution in [-0.4, -0.2) is 12.6 Å². The lowest BCUT2D eigenvalue weighted by Crippen LogP contribution is -2.07. The molecular weight excluding hydrogens is 260 g/mol. The lowest BCUT2D eigenvalue weighted by Gasteiger charge is -2.13. The minimum absolute atomic E-state index is 0.338. The molecule has 2 rings (SSSR count). The summed E-state index contributed by atoms with van der Waals surface area (Å²) in [5.41, 5.74) is 3.78. The van der Waals surface area contributed by atoms with E-state index in [9.17, 15) is 4.79 Å². The molecule has 0 spiro atoms. The Morgan fingerprint density at radius 2 is 1.48 bits per heavy atom. The number of hydrogen-bond donors (Lipinski definition) is 0. The van der Waals surface area contributed by atoms with Gasteiger partial charge in [-0.05, 0) is 35.3 Å². The van der Waals surface area contributed by atoms with E-state index in [0.29, 0.717) is 12.2 Å². The number of allylic oxidation sites excluding steroid dienone is 2. The van der Waals surface area contributed by atoms with Crippen molar-refractivity contribution in [1.82, 2.24) is 0 Å². The van der Waals surface area contributed by atoms with Crippen molar-refractivity contribution in [3.05, 3.63) is 84.4 Å². The zero-order chi connectivity index (χ0) is 15.2. The number of carbonyl (C=O) groups excluding carboxylic acids is 1. The Labute approximate surface area is 125 Å². The van der Waals surface area contributed by atoms with Gasteiger partial charge in [0.2, 0.25) is 0 Å². The van der Waals surface area contributed by atoms with Crippen LogP contribution in [0.3, 0.4) is 0 Å². The van der Waals surface area contributed by atoms with Crippen LogP contribution in [-0.2, 0) is 4.74 Å². The summed E-state index contributed by atoms with van der Waals surface area (Å²) in [4.78, 5) is 12.0. The molecule has 0 bridgehead atoms. The molecule has 0 fully saturated rings. The van der Waals surface area contributed by atoms with Gasteiger partial charge in [0.1, 0.15) is 0 Å². The Morgan fingerprint density at radius 3 is 2.10 bits per heavy atom. The van der Waals surface area contributed by atoms with E-state index in [1.54, 1.807) is 13.0 Å². The van der Waals surface area contributed by atoms with Gasteiger partial charge in [-0.1, -0.05) is 61.7 Å². The first-order valence-electron chi connectivity index (χ1n) is 6.85. The Hall–Kier alpha value is -2.61. The van der Waals surface area contributed by atoms with Crippen molar-refractivity contribution < 1.29 is 9.53 Å². The highest BCUT2D eigenvalue weighted by molar-refractivity contribution is 6.08. The Kier molecular flexibility index (Phi) is 4.72. The van der Waals surface area contributed by atoms with Crippen molar-refractivity contribution in [3.63, 3.8) is 0 Å². The van der Waals surface area contributed by atoms with E-state index >= 15 is 0 Å². The number of carbonyl (C=O) groups is 1. The van der Waals surface area contributed by atoms with Gasteiger partial charge in [-0.25, -0.2) is 4.79 Å². The summed E-state index contributed by atoms with van der Waals surface area (Å²) in [5, 5.41) is 0. The van der Waals surface area contributed by atoms with Crippen LogP contribution in [0.4, 0.5) is 0 Å². The van der Waals surface area contributed by atoms with Crippen LogP contribution in [0.15, 0.2) is 67.8 Å². The van der Waals surface area contributed by atoms with Gasteiger partial charge in [0.25, 0.3) is 0 Å². The average Bonchev–Trinajstić information content (AvgIpc) is 2.54. The third-order valence-corrected chi connectivity index (χ3v) is 3.23. The molecule has 0 saturated heterocycles. The fourth-order valence-corrected chi connectivity index (χ4v) is 2.11. The molecule has 2 aromatic carbocycles. The van der Waals surface area contributed by atoms with Crippen LogP contribution in [0.1, 0.15) is 28.4 Å². The maximum atomic E-state index is 12.0. The standard InChI is InChI=1S/C19H18O2/c1-4-21-19(20)18-13-9-8-12-17(18)15(3)14(2)16-10-6-5-7-11-16/h5-13H,2-4H2,1H3. The SMILES string of the molecule is C=C(C(=C)c1ccccc1C(=O)OCC)c1ccccc1. The van der Waals surface area contributed by atoms with E-state index in [-0.39, 0.29) is 5.97 Å².